The Hall–Kier alpha value is -0.690. The van der Waals surface area contributed by atoms with Crippen molar-refractivity contribution in [1.29, 1.82) is 0 Å². The lowest BCUT2D eigenvalue weighted by Gasteiger charge is -2.04. The molecule has 0 aliphatic heterocycles. The van der Waals surface area contributed by atoms with Crippen molar-refractivity contribution in [2.24, 2.45) is 0 Å². The van der Waals surface area contributed by atoms with Crippen LogP contribution in [0.3, 0.4) is 0 Å². The number of anilines is 1. The van der Waals surface area contributed by atoms with Crippen molar-refractivity contribution in [1.82, 2.24) is 4.98 Å². The number of methoxy groups -OCH3 is 1. The lowest BCUT2D eigenvalue weighted by atomic mass is 10.5. The van der Waals surface area contributed by atoms with Gasteiger partial charge in [0.15, 0.2) is 5.13 Å². The Morgan fingerprint density at radius 3 is 2.83 bits per heavy atom. The van der Waals surface area contributed by atoms with Crippen molar-refractivity contribution >= 4 is 16.5 Å². The molecule has 18 heavy (non-hydrogen) atoms. The summed E-state index contributed by atoms with van der Waals surface area (Å²) >= 11 is 1.63. The lowest BCUT2D eigenvalue weighted by Crippen LogP contribution is -2.06. The Labute approximate surface area is 112 Å². The molecule has 1 rings (SSSR count). The number of rotatable bonds is 11. The van der Waals surface area contributed by atoms with E-state index in [9.17, 15) is 0 Å². The van der Waals surface area contributed by atoms with E-state index in [1.54, 1.807) is 18.4 Å². The molecule has 0 atom stereocenters. The van der Waals surface area contributed by atoms with E-state index < -0.39 is 0 Å². The van der Waals surface area contributed by atoms with E-state index in [2.05, 4.69) is 17.2 Å². The van der Waals surface area contributed by atoms with Crippen molar-refractivity contribution in [2.45, 2.75) is 20.0 Å². The van der Waals surface area contributed by atoms with E-state index in [0.29, 0.717) is 19.8 Å². The molecule has 6 heteroatoms. The molecule has 0 aliphatic rings. The highest BCUT2D eigenvalue weighted by Gasteiger charge is 2.00. The molecule has 1 heterocycles. The quantitative estimate of drug-likeness (QED) is 0.627. The minimum absolute atomic E-state index is 0.602. The van der Waals surface area contributed by atoms with Gasteiger partial charge in [0.05, 0.1) is 24.7 Å². The van der Waals surface area contributed by atoms with Crippen LogP contribution in [-0.4, -0.2) is 45.1 Å². The standard InChI is InChI=1S/C12H22N2O3S/c1-3-13-12-14-9-11(18-12)10-17-8-7-16-6-4-5-15-2/h9H,3-8,10H2,1-2H3,(H,13,14). The number of nitrogens with one attached hydrogen (secondary N) is 1. The molecule has 0 saturated heterocycles. The minimum Gasteiger partial charge on any atom is -0.385 e. The molecule has 0 saturated carbocycles. The molecule has 0 radical (unpaired) electrons. The van der Waals surface area contributed by atoms with Crippen LogP contribution in [0.1, 0.15) is 18.2 Å². The zero-order chi connectivity index (χ0) is 13.1. The van der Waals surface area contributed by atoms with Gasteiger partial charge < -0.3 is 19.5 Å². The molecular weight excluding hydrogens is 252 g/mol. The first kappa shape index (κ1) is 15.4. The van der Waals surface area contributed by atoms with E-state index in [1.165, 1.54) is 0 Å². The van der Waals surface area contributed by atoms with Gasteiger partial charge in [-0.3, -0.25) is 0 Å². The average molecular weight is 274 g/mol. The summed E-state index contributed by atoms with van der Waals surface area (Å²) in [5.74, 6) is 0. The maximum absolute atomic E-state index is 5.50. The topological polar surface area (TPSA) is 52.6 Å². The van der Waals surface area contributed by atoms with Gasteiger partial charge in [0.25, 0.3) is 0 Å². The third kappa shape index (κ3) is 6.90. The Morgan fingerprint density at radius 1 is 1.22 bits per heavy atom. The second kappa shape index (κ2) is 10.3. The largest absolute Gasteiger partial charge is 0.385 e. The van der Waals surface area contributed by atoms with Gasteiger partial charge in [-0.05, 0) is 13.3 Å². The number of thiazole rings is 1. The van der Waals surface area contributed by atoms with Crippen LogP contribution in [0.4, 0.5) is 5.13 Å². The van der Waals surface area contributed by atoms with Gasteiger partial charge in [-0.2, -0.15) is 0 Å². The predicted octanol–water partition coefficient (Wildman–Crippen LogP) is 2.14. The highest BCUT2D eigenvalue weighted by atomic mass is 32.1. The lowest BCUT2D eigenvalue weighted by molar-refractivity contribution is 0.0344. The summed E-state index contributed by atoms with van der Waals surface area (Å²) < 4.78 is 15.8. The Kier molecular flexibility index (Phi) is 8.75. The third-order valence-corrected chi connectivity index (χ3v) is 3.06. The fourth-order valence-electron chi connectivity index (χ4n) is 1.31. The van der Waals surface area contributed by atoms with Crippen LogP contribution in [-0.2, 0) is 20.8 Å². The molecule has 5 nitrogen and oxygen atoms in total. The summed E-state index contributed by atoms with van der Waals surface area (Å²) in [6, 6.07) is 0. The summed E-state index contributed by atoms with van der Waals surface area (Å²) in [6.45, 7) is 6.26. The Balaban J connectivity index is 1.96. The molecule has 0 bridgehead atoms. The van der Waals surface area contributed by atoms with Crippen LogP contribution >= 0.6 is 11.3 Å². The zero-order valence-electron chi connectivity index (χ0n) is 11.1. The van der Waals surface area contributed by atoms with Crippen LogP contribution in [0.15, 0.2) is 6.20 Å². The van der Waals surface area contributed by atoms with Crippen molar-refractivity contribution in [2.75, 3.05) is 45.4 Å². The molecule has 1 N–H and O–H groups in total. The first-order valence-corrected chi connectivity index (χ1v) is 7.01. The zero-order valence-corrected chi connectivity index (χ0v) is 11.9. The molecule has 0 spiro atoms. The van der Waals surface area contributed by atoms with Crippen LogP contribution < -0.4 is 5.32 Å². The van der Waals surface area contributed by atoms with Gasteiger partial charge in [0.2, 0.25) is 0 Å². The number of hydrogen-bond acceptors (Lipinski definition) is 6. The fourth-order valence-corrected chi connectivity index (χ4v) is 2.12. The fraction of sp³-hybridized carbons (Fsp3) is 0.750. The molecule has 0 amide bonds. The van der Waals surface area contributed by atoms with Crippen LogP contribution in [0.2, 0.25) is 0 Å². The van der Waals surface area contributed by atoms with Gasteiger partial charge >= 0.3 is 0 Å². The summed E-state index contributed by atoms with van der Waals surface area (Å²) in [5, 5.41) is 4.12. The summed E-state index contributed by atoms with van der Waals surface area (Å²) in [5.41, 5.74) is 0. The molecule has 104 valence electrons. The smallest absolute Gasteiger partial charge is 0.182 e. The molecule has 1 aromatic rings. The van der Waals surface area contributed by atoms with E-state index in [1.807, 2.05) is 6.20 Å². The molecular formula is C12H22N2O3S. The highest BCUT2D eigenvalue weighted by Crippen LogP contribution is 2.18. The Bertz CT molecular complexity index is 307. The summed E-state index contributed by atoms with van der Waals surface area (Å²) in [4.78, 5) is 5.37. The molecule has 0 aromatic carbocycles. The third-order valence-electron chi connectivity index (χ3n) is 2.14. The van der Waals surface area contributed by atoms with Gasteiger partial charge in [0.1, 0.15) is 0 Å². The van der Waals surface area contributed by atoms with Crippen molar-refractivity contribution in [3.05, 3.63) is 11.1 Å². The molecule has 0 fully saturated rings. The molecule has 0 aliphatic carbocycles. The van der Waals surface area contributed by atoms with Gasteiger partial charge in [-0.25, -0.2) is 4.98 Å². The SMILES string of the molecule is CCNc1ncc(COCCOCCCOC)s1. The average Bonchev–Trinajstić information content (AvgIpc) is 2.81. The first-order chi connectivity index (χ1) is 8.86. The summed E-state index contributed by atoms with van der Waals surface area (Å²) in [7, 11) is 1.69. The summed E-state index contributed by atoms with van der Waals surface area (Å²) in [6.07, 6.45) is 2.78. The first-order valence-electron chi connectivity index (χ1n) is 6.19. The normalized spacial score (nSPS) is 10.8. The monoisotopic (exact) mass is 274 g/mol. The van der Waals surface area contributed by atoms with E-state index in [0.717, 1.165) is 36.2 Å². The van der Waals surface area contributed by atoms with Crippen molar-refractivity contribution in [3.8, 4) is 0 Å². The second-order valence-electron chi connectivity index (χ2n) is 3.67. The number of nitrogens with zero attached hydrogens (tertiary/aromatic N) is 1. The minimum atomic E-state index is 0.602. The van der Waals surface area contributed by atoms with Gasteiger partial charge in [-0.15, -0.1) is 0 Å². The second-order valence-corrected chi connectivity index (χ2v) is 4.79. The van der Waals surface area contributed by atoms with E-state index in [-0.39, 0.29) is 0 Å². The molecule has 0 unspecified atom stereocenters. The Morgan fingerprint density at radius 2 is 2.06 bits per heavy atom. The number of hydrogen-bond donors (Lipinski definition) is 1. The van der Waals surface area contributed by atoms with Crippen molar-refractivity contribution < 1.29 is 14.2 Å². The van der Waals surface area contributed by atoms with E-state index >= 15 is 0 Å². The van der Waals surface area contributed by atoms with E-state index in [4.69, 9.17) is 14.2 Å². The van der Waals surface area contributed by atoms with Crippen molar-refractivity contribution in [3.63, 3.8) is 0 Å². The maximum Gasteiger partial charge on any atom is 0.182 e. The predicted molar refractivity (Wildman–Crippen MR) is 73.2 cm³/mol. The van der Waals surface area contributed by atoms with Crippen LogP contribution in [0, 0.1) is 0 Å². The van der Waals surface area contributed by atoms with Crippen LogP contribution in [0.5, 0.6) is 0 Å². The highest BCUT2D eigenvalue weighted by molar-refractivity contribution is 7.15. The van der Waals surface area contributed by atoms with Gasteiger partial charge in [0, 0.05) is 33.1 Å². The van der Waals surface area contributed by atoms with Crippen LogP contribution in [0.25, 0.3) is 0 Å². The van der Waals surface area contributed by atoms with Gasteiger partial charge in [-0.1, -0.05) is 11.3 Å². The maximum atomic E-state index is 5.50. The number of aromatic nitrogens is 1. The molecule has 1 aromatic heterocycles. The number of ether oxygens (including phenoxy) is 3.